The number of rotatable bonds is 6. The number of aliphatic hydroxyl groups excluding tert-OH is 1. The zero-order valence-corrected chi connectivity index (χ0v) is 12.1. The van der Waals surface area contributed by atoms with Gasteiger partial charge in [0.05, 0.1) is 11.7 Å². The molecule has 1 aromatic heterocycles. The van der Waals surface area contributed by atoms with E-state index in [1.54, 1.807) is 0 Å². The average molecular weight is 287 g/mol. The summed E-state index contributed by atoms with van der Waals surface area (Å²) in [6.45, 7) is 6.01. The molecule has 1 rings (SSSR count). The molecule has 1 atom stereocenters. The molecule has 19 heavy (non-hydrogen) atoms. The third-order valence-corrected chi connectivity index (χ3v) is 2.61. The SMILES string of the molecule is CC(C)Oc1ncc(C(=O)NC[C@@H](C)CO)cc1Cl. The molecular weight excluding hydrogens is 268 g/mol. The molecule has 0 unspecified atom stereocenters. The number of carbonyl (C=O) groups excluding carboxylic acids is 1. The lowest BCUT2D eigenvalue weighted by Gasteiger charge is -2.12. The van der Waals surface area contributed by atoms with E-state index in [1.807, 2.05) is 20.8 Å². The lowest BCUT2D eigenvalue weighted by atomic mass is 10.2. The molecule has 0 aliphatic rings. The van der Waals surface area contributed by atoms with E-state index < -0.39 is 0 Å². The van der Waals surface area contributed by atoms with Gasteiger partial charge in [-0.05, 0) is 25.8 Å². The van der Waals surface area contributed by atoms with E-state index in [1.165, 1.54) is 12.3 Å². The first-order valence-corrected chi connectivity index (χ1v) is 6.53. The number of nitrogens with one attached hydrogen (secondary N) is 1. The van der Waals surface area contributed by atoms with Gasteiger partial charge in [0.15, 0.2) is 0 Å². The smallest absolute Gasteiger partial charge is 0.252 e. The van der Waals surface area contributed by atoms with E-state index >= 15 is 0 Å². The molecule has 1 heterocycles. The standard InChI is InChI=1S/C13H19ClN2O3/c1-8(2)19-13-11(14)4-10(6-16-13)12(18)15-5-9(3)7-17/h4,6,8-9,17H,5,7H2,1-3H3,(H,15,18)/t9-/m1/s1. The molecule has 0 saturated carbocycles. The van der Waals surface area contributed by atoms with Crippen LogP contribution in [0.5, 0.6) is 5.88 Å². The Morgan fingerprint density at radius 3 is 2.74 bits per heavy atom. The van der Waals surface area contributed by atoms with Crippen molar-refractivity contribution < 1.29 is 14.6 Å². The summed E-state index contributed by atoms with van der Waals surface area (Å²) in [6.07, 6.45) is 1.39. The minimum absolute atomic E-state index is 0.0101. The Labute approximate surface area is 117 Å². The van der Waals surface area contributed by atoms with Crippen molar-refractivity contribution in [3.8, 4) is 5.88 Å². The summed E-state index contributed by atoms with van der Waals surface area (Å²) in [7, 11) is 0. The summed E-state index contributed by atoms with van der Waals surface area (Å²) in [5, 5.41) is 11.9. The summed E-state index contributed by atoms with van der Waals surface area (Å²) in [5.41, 5.74) is 0.367. The topological polar surface area (TPSA) is 71.5 Å². The van der Waals surface area contributed by atoms with E-state index in [9.17, 15) is 4.79 Å². The molecule has 2 N–H and O–H groups in total. The Balaban J connectivity index is 2.69. The van der Waals surface area contributed by atoms with Crippen molar-refractivity contribution in [2.24, 2.45) is 5.92 Å². The summed E-state index contributed by atoms with van der Waals surface area (Å²) in [6, 6.07) is 1.52. The normalized spacial score (nSPS) is 12.3. The van der Waals surface area contributed by atoms with Gasteiger partial charge in [-0.1, -0.05) is 18.5 Å². The minimum Gasteiger partial charge on any atom is -0.474 e. The first-order chi connectivity index (χ1) is 8.93. The van der Waals surface area contributed by atoms with Crippen LogP contribution in [0, 0.1) is 5.92 Å². The van der Waals surface area contributed by atoms with Crippen LogP contribution in [0.25, 0.3) is 0 Å². The highest BCUT2D eigenvalue weighted by Gasteiger charge is 2.12. The third-order valence-electron chi connectivity index (χ3n) is 2.34. The highest BCUT2D eigenvalue weighted by atomic mass is 35.5. The van der Waals surface area contributed by atoms with Crippen LogP contribution >= 0.6 is 11.6 Å². The minimum atomic E-state index is -0.272. The van der Waals surface area contributed by atoms with Crippen LogP contribution in [-0.4, -0.2) is 35.3 Å². The van der Waals surface area contributed by atoms with Gasteiger partial charge in [0.25, 0.3) is 5.91 Å². The van der Waals surface area contributed by atoms with E-state index in [-0.39, 0.29) is 24.5 Å². The van der Waals surface area contributed by atoms with Crippen LogP contribution in [-0.2, 0) is 0 Å². The molecule has 0 bridgehead atoms. The van der Waals surface area contributed by atoms with Crippen LogP contribution in [0.3, 0.4) is 0 Å². The van der Waals surface area contributed by atoms with Crippen LogP contribution in [0.4, 0.5) is 0 Å². The predicted molar refractivity (Wildman–Crippen MR) is 73.6 cm³/mol. The van der Waals surface area contributed by atoms with Gasteiger partial charge in [-0.3, -0.25) is 4.79 Å². The van der Waals surface area contributed by atoms with Crippen molar-refractivity contribution >= 4 is 17.5 Å². The van der Waals surface area contributed by atoms with E-state index in [0.29, 0.717) is 23.0 Å². The summed E-state index contributed by atoms with van der Waals surface area (Å²) >= 11 is 6.00. The van der Waals surface area contributed by atoms with E-state index in [4.69, 9.17) is 21.4 Å². The fourth-order valence-electron chi connectivity index (χ4n) is 1.29. The molecule has 0 spiro atoms. The molecule has 5 nitrogen and oxygen atoms in total. The van der Waals surface area contributed by atoms with Gasteiger partial charge in [0, 0.05) is 19.3 Å². The number of hydrogen-bond donors (Lipinski definition) is 2. The molecule has 1 amide bonds. The number of hydrogen-bond acceptors (Lipinski definition) is 4. The lowest BCUT2D eigenvalue weighted by Crippen LogP contribution is -2.29. The van der Waals surface area contributed by atoms with Crippen molar-refractivity contribution in [1.82, 2.24) is 10.3 Å². The molecular formula is C13H19ClN2O3. The van der Waals surface area contributed by atoms with Gasteiger partial charge in [-0.25, -0.2) is 4.98 Å². The van der Waals surface area contributed by atoms with Crippen LogP contribution in [0.15, 0.2) is 12.3 Å². The van der Waals surface area contributed by atoms with Crippen molar-refractivity contribution in [2.75, 3.05) is 13.2 Å². The second kappa shape index (κ2) is 7.31. The second-order valence-corrected chi connectivity index (χ2v) is 5.08. The molecule has 6 heteroatoms. The Kier molecular flexibility index (Phi) is 6.05. The number of aliphatic hydroxyl groups is 1. The van der Waals surface area contributed by atoms with Crippen molar-refractivity contribution in [2.45, 2.75) is 26.9 Å². The highest BCUT2D eigenvalue weighted by Crippen LogP contribution is 2.23. The predicted octanol–water partition coefficient (Wildman–Crippen LogP) is 1.88. The van der Waals surface area contributed by atoms with Crippen molar-refractivity contribution in [3.63, 3.8) is 0 Å². The molecule has 0 aliphatic heterocycles. The zero-order chi connectivity index (χ0) is 14.4. The van der Waals surface area contributed by atoms with Crippen LogP contribution in [0.2, 0.25) is 5.02 Å². The van der Waals surface area contributed by atoms with Crippen molar-refractivity contribution in [1.29, 1.82) is 0 Å². The summed E-state index contributed by atoms with van der Waals surface area (Å²) in [5.74, 6) is 0.0543. The first kappa shape index (κ1) is 15.7. The average Bonchev–Trinajstić information content (AvgIpc) is 2.37. The maximum atomic E-state index is 11.8. The van der Waals surface area contributed by atoms with Crippen LogP contribution in [0.1, 0.15) is 31.1 Å². The fraction of sp³-hybridized carbons (Fsp3) is 0.538. The van der Waals surface area contributed by atoms with Gasteiger partial charge in [-0.15, -0.1) is 0 Å². The van der Waals surface area contributed by atoms with Gasteiger partial charge in [0.2, 0.25) is 5.88 Å². The Bertz CT molecular complexity index is 438. The zero-order valence-electron chi connectivity index (χ0n) is 11.3. The maximum Gasteiger partial charge on any atom is 0.252 e. The van der Waals surface area contributed by atoms with Gasteiger partial charge < -0.3 is 15.2 Å². The largest absolute Gasteiger partial charge is 0.474 e. The number of nitrogens with zero attached hydrogens (tertiary/aromatic N) is 1. The van der Waals surface area contributed by atoms with Crippen molar-refractivity contribution in [3.05, 3.63) is 22.8 Å². The molecule has 1 aromatic rings. The highest BCUT2D eigenvalue weighted by molar-refractivity contribution is 6.32. The Hall–Kier alpha value is -1.33. The number of halogens is 1. The number of carbonyl (C=O) groups is 1. The number of aromatic nitrogens is 1. The Morgan fingerprint density at radius 2 is 2.21 bits per heavy atom. The van der Waals surface area contributed by atoms with Gasteiger partial charge >= 0.3 is 0 Å². The first-order valence-electron chi connectivity index (χ1n) is 6.15. The van der Waals surface area contributed by atoms with Gasteiger partial charge in [0.1, 0.15) is 5.02 Å². The quantitative estimate of drug-likeness (QED) is 0.838. The molecule has 0 fully saturated rings. The number of pyridine rings is 1. The summed E-state index contributed by atoms with van der Waals surface area (Å²) < 4.78 is 5.39. The fourth-order valence-corrected chi connectivity index (χ4v) is 1.50. The lowest BCUT2D eigenvalue weighted by molar-refractivity contribution is 0.0942. The van der Waals surface area contributed by atoms with E-state index in [2.05, 4.69) is 10.3 Å². The number of ether oxygens (including phenoxy) is 1. The molecule has 0 saturated heterocycles. The third kappa shape index (κ3) is 5.04. The second-order valence-electron chi connectivity index (χ2n) is 4.68. The summed E-state index contributed by atoms with van der Waals surface area (Å²) in [4.78, 5) is 15.8. The van der Waals surface area contributed by atoms with Gasteiger partial charge in [-0.2, -0.15) is 0 Å². The van der Waals surface area contributed by atoms with Crippen LogP contribution < -0.4 is 10.1 Å². The molecule has 0 aliphatic carbocycles. The molecule has 0 radical (unpaired) electrons. The van der Waals surface area contributed by atoms with E-state index in [0.717, 1.165) is 0 Å². The monoisotopic (exact) mass is 286 g/mol. The molecule has 0 aromatic carbocycles. The Morgan fingerprint density at radius 1 is 1.53 bits per heavy atom. The number of amides is 1. The molecule has 106 valence electrons. The maximum absolute atomic E-state index is 11.8.